The molecule has 3 rings (SSSR count). The van der Waals surface area contributed by atoms with Gasteiger partial charge in [-0.05, 0) is 53.7 Å². The van der Waals surface area contributed by atoms with Gasteiger partial charge in [-0.1, -0.05) is 0 Å². The zero-order valence-electron chi connectivity index (χ0n) is 8.99. The van der Waals surface area contributed by atoms with E-state index in [2.05, 4.69) is 31.5 Å². The molecule has 2 aromatic rings. The summed E-state index contributed by atoms with van der Waals surface area (Å²) in [4.78, 5) is 4.41. The van der Waals surface area contributed by atoms with Gasteiger partial charge in [0, 0.05) is 23.6 Å². The van der Waals surface area contributed by atoms with Crippen LogP contribution in [0.1, 0.15) is 25.0 Å². The van der Waals surface area contributed by atoms with Crippen molar-refractivity contribution in [3.63, 3.8) is 0 Å². The van der Waals surface area contributed by atoms with Crippen molar-refractivity contribution in [1.29, 1.82) is 0 Å². The number of hydrogen-bond acceptors (Lipinski definition) is 2. The summed E-state index contributed by atoms with van der Waals surface area (Å²) in [6.45, 7) is 0. The van der Waals surface area contributed by atoms with Crippen LogP contribution >= 0.6 is 15.9 Å². The van der Waals surface area contributed by atoms with Gasteiger partial charge in [0.25, 0.3) is 0 Å². The molecule has 0 aliphatic heterocycles. The minimum Gasteiger partial charge on any atom is -0.325 e. The molecule has 84 valence electrons. The first-order valence-corrected chi connectivity index (χ1v) is 6.37. The van der Waals surface area contributed by atoms with E-state index in [0.29, 0.717) is 0 Å². The molecular weight excluding hydrogens is 266 g/mol. The Labute approximate surface area is 103 Å². The largest absolute Gasteiger partial charge is 0.325 e. The van der Waals surface area contributed by atoms with E-state index in [4.69, 9.17) is 5.73 Å². The van der Waals surface area contributed by atoms with Gasteiger partial charge in [-0.25, -0.2) is 4.98 Å². The first-order chi connectivity index (χ1) is 7.68. The zero-order chi connectivity index (χ0) is 11.2. The molecule has 0 radical (unpaired) electrons. The highest BCUT2D eigenvalue weighted by atomic mass is 79.9. The molecule has 2 N–H and O–H groups in total. The quantitative estimate of drug-likeness (QED) is 0.938. The van der Waals surface area contributed by atoms with Gasteiger partial charge in [0.1, 0.15) is 0 Å². The number of aryl methyl sites for hydroxylation is 1. The first kappa shape index (κ1) is 10.3. The van der Waals surface area contributed by atoms with E-state index in [-0.39, 0.29) is 5.54 Å². The Balaban J connectivity index is 1.89. The van der Waals surface area contributed by atoms with Crippen LogP contribution in [0.2, 0.25) is 0 Å². The predicted molar refractivity (Wildman–Crippen MR) is 67.4 cm³/mol. The summed E-state index contributed by atoms with van der Waals surface area (Å²) in [5, 5.41) is 0. The average molecular weight is 280 g/mol. The Kier molecular flexibility index (Phi) is 2.30. The molecule has 4 heteroatoms. The maximum Gasteiger partial charge on any atom is 0.151 e. The summed E-state index contributed by atoms with van der Waals surface area (Å²) in [6, 6.07) is 4.04. The van der Waals surface area contributed by atoms with Crippen molar-refractivity contribution in [1.82, 2.24) is 9.38 Å². The van der Waals surface area contributed by atoms with Crippen molar-refractivity contribution in [2.45, 2.75) is 31.2 Å². The van der Waals surface area contributed by atoms with Gasteiger partial charge in [-0.15, -0.1) is 0 Å². The molecule has 1 fully saturated rings. The molecular formula is C12H14BrN3. The normalized spacial score (nSPS) is 17.9. The Morgan fingerprint density at radius 2 is 2.31 bits per heavy atom. The molecule has 1 saturated carbocycles. The van der Waals surface area contributed by atoms with Gasteiger partial charge in [0.2, 0.25) is 0 Å². The van der Waals surface area contributed by atoms with Crippen molar-refractivity contribution >= 4 is 21.6 Å². The Bertz CT molecular complexity index is 528. The standard InChI is InChI=1S/C12H14BrN3/c13-10-2-1-7-16-9(8-15-11(10)16)3-4-12(14)5-6-12/h1-2,7-8H,3-6,14H2. The number of halogens is 1. The Morgan fingerprint density at radius 1 is 1.50 bits per heavy atom. The summed E-state index contributed by atoms with van der Waals surface area (Å²) in [5.74, 6) is 0. The lowest BCUT2D eigenvalue weighted by Gasteiger charge is -2.07. The SMILES string of the molecule is NC1(CCc2cnc3c(Br)cccn23)CC1. The van der Waals surface area contributed by atoms with Crippen LogP contribution in [0, 0.1) is 0 Å². The fourth-order valence-electron chi connectivity index (χ4n) is 2.00. The third kappa shape index (κ3) is 1.76. The van der Waals surface area contributed by atoms with Gasteiger partial charge >= 0.3 is 0 Å². The molecule has 0 unspecified atom stereocenters. The van der Waals surface area contributed by atoms with E-state index < -0.39 is 0 Å². The van der Waals surface area contributed by atoms with E-state index in [1.54, 1.807) is 0 Å². The van der Waals surface area contributed by atoms with Crippen molar-refractivity contribution in [2.24, 2.45) is 5.73 Å². The lowest BCUT2D eigenvalue weighted by atomic mass is 10.1. The molecule has 0 bridgehead atoms. The molecule has 0 atom stereocenters. The third-order valence-corrected chi connectivity index (χ3v) is 3.96. The number of pyridine rings is 1. The summed E-state index contributed by atoms with van der Waals surface area (Å²) in [5.41, 5.74) is 8.45. The molecule has 2 heterocycles. The van der Waals surface area contributed by atoms with E-state index >= 15 is 0 Å². The lowest BCUT2D eigenvalue weighted by molar-refractivity contribution is 0.601. The monoisotopic (exact) mass is 279 g/mol. The molecule has 2 aromatic heterocycles. The van der Waals surface area contributed by atoms with Crippen molar-refractivity contribution in [3.05, 3.63) is 34.7 Å². The molecule has 16 heavy (non-hydrogen) atoms. The fourth-order valence-corrected chi connectivity index (χ4v) is 2.45. The minimum atomic E-state index is 0.121. The Hall–Kier alpha value is -0.870. The summed E-state index contributed by atoms with van der Waals surface area (Å²) in [6.07, 6.45) is 8.42. The lowest BCUT2D eigenvalue weighted by Crippen LogP contribution is -2.22. The number of nitrogens with two attached hydrogens (primary N) is 1. The molecule has 0 aromatic carbocycles. The van der Waals surface area contributed by atoms with Gasteiger partial charge in [-0.3, -0.25) is 0 Å². The summed E-state index contributed by atoms with van der Waals surface area (Å²) < 4.78 is 3.17. The first-order valence-electron chi connectivity index (χ1n) is 5.57. The number of aromatic nitrogens is 2. The van der Waals surface area contributed by atoms with E-state index in [1.165, 1.54) is 18.5 Å². The van der Waals surface area contributed by atoms with Crippen LogP contribution in [0.25, 0.3) is 5.65 Å². The van der Waals surface area contributed by atoms with Crippen molar-refractivity contribution in [2.75, 3.05) is 0 Å². The van der Waals surface area contributed by atoms with E-state index in [9.17, 15) is 0 Å². The van der Waals surface area contributed by atoms with Gasteiger partial charge < -0.3 is 10.1 Å². The van der Waals surface area contributed by atoms with Crippen LogP contribution in [0.5, 0.6) is 0 Å². The van der Waals surface area contributed by atoms with Gasteiger partial charge in [-0.2, -0.15) is 0 Å². The number of rotatable bonds is 3. The average Bonchev–Trinajstić information content (AvgIpc) is 2.86. The van der Waals surface area contributed by atoms with E-state index in [0.717, 1.165) is 23.0 Å². The third-order valence-electron chi connectivity index (χ3n) is 3.34. The van der Waals surface area contributed by atoms with E-state index in [1.807, 2.05) is 18.3 Å². The molecule has 0 saturated heterocycles. The Morgan fingerprint density at radius 3 is 3.06 bits per heavy atom. The molecule has 0 amide bonds. The minimum absolute atomic E-state index is 0.121. The molecule has 0 spiro atoms. The predicted octanol–water partition coefficient (Wildman–Crippen LogP) is 2.52. The van der Waals surface area contributed by atoms with Crippen LogP contribution in [0.15, 0.2) is 29.0 Å². The highest BCUT2D eigenvalue weighted by Crippen LogP contribution is 2.36. The fraction of sp³-hybridized carbons (Fsp3) is 0.417. The second-order valence-corrected chi connectivity index (χ2v) is 5.52. The van der Waals surface area contributed by atoms with Crippen LogP contribution < -0.4 is 5.73 Å². The van der Waals surface area contributed by atoms with Crippen LogP contribution in [0.4, 0.5) is 0 Å². The zero-order valence-corrected chi connectivity index (χ0v) is 10.6. The molecule has 1 aliphatic rings. The molecule has 3 nitrogen and oxygen atoms in total. The second-order valence-electron chi connectivity index (χ2n) is 4.66. The van der Waals surface area contributed by atoms with Crippen LogP contribution in [-0.4, -0.2) is 14.9 Å². The number of fused-ring (bicyclic) bond motifs is 1. The maximum atomic E-state index is 6.10. The smallest absolute Gasteiger partial charge is 0.151 e. The number of nitrogens with zero attached hydrogens (tertiary/aromatic N) is 2. The van der Waals surface area contributed by atoms with Crippen LogP contribution in [0.3, 0.4) is 0 Å². The van der Waals surface area contributed by atoms with Crippen molar-refractivity contribution < 1.29 is 0 Å². The number of imidazole rings is 1. The topological polar surface area (TPSA) is 43.3 Å². The summed E-state index contributed by atoms with van der Waals surface area (Å²) in [7, 11) is 0. The van der Waals surface area contributed by atoms with Crippen molar-refractivity contribution in [3.8, 4) is 0 Å². The maximum absolute atomic E-state index is 6.10. The number of hydrogen-bond donors (Lipinski definition) is 1. The van der Waals surface area contributed by atoms with Gasteiger partial charge in [0.15, 0.2) is 5.65 Å². The van der Waals surface area contributed by atoms with Crippen LogP contribution in [-0.2, 0) is 6.42 Å². The highest BCUT2D eigenvalue weighted by Gasteiger charge is 2.37. The summed E-state index contributed by atoms with van der Waals surface area (Å²) >= 11 is 3.51. The molecule has 1 aliphatic carbocycles. The van der Waals surface area contributed by atoms with Gasteiger partial charge in [0.05, 0.1) is 4.47 Å². The highest BCUT2D eigenvalue weighted by molar-refractivity contribution is 9.10. The second kappa shape index (κ2) is 3.57.